The van der Waals surface area contributed by atoms with Crippen LogP contribution in [0.15, 0.2) is 97.3 Å². The highest BCUT2D eigenvalue weighted by atomic mass is 32.1. The smallest absolute Gasteiger partial charge is 0.0795 e. The van der Waals surface area contributed by atoms with Crippen molar-refractivity contribution >= 4 is 32.2 Å². The number of rotatable bonds is 2. The molecule has 0 spiro atoms. The Morgan fingerprint density at radius 1 is 0.667 bits per heavy atom. The molecule has 1 aliphatic rings. The van der Waals surface area contributed by atoms with Gasteiger partial charge < -0.3 is 0 Å². The number of pyridine rings is 2. The highest BCUT2D eigenvalue weighted by molar-refractivity contribution is 7.19. The highest BCUT2D eigenvalue weighted by Crippen LogP contribution is 2.47. The van der Waals surface area contributed by atoms with Crippen LogP contribution in [-0.4, -0.2) is 9.97 Å². The maximum Gasteiger partial charge on any atom is 0.0795 e. The number of aryl methyl sites for hydroxylation is 2. The van der Waals surface area contributed by atoms with Gasteiger partial charge in [0.2, 0.25) is 0 Å². The van der Waals surface area contributed by atoms with Crippen LogP contribution in [0.4, 0.5) is 0 Å². The summed E-state index contributed by atoms with van der Waals surface area (Å²) in [6.07, 6.45) is 5.92. The van der Waals surface area contributed by atoms with Crippen molar-refractivity contribution in [1.29, 1.82) is 0 Å². The Kier molecular flexibility index (Phi) is 4.18. The summed E-state index contributed by atoms with van der Waals surface area (Å²) < 4.78 is 1.30. The molecule has 0 aliphatic heterocycles. The van der Waals surface area contributed by atoms with Crippen LogP contribution >= 0.6 is 11.3 Å². The standard InChI is InChI=1S/C30H20N2S/c1-2-7-19(8-3-1)24-18-21(17-20-9-4-5-10-22(20)24)30-29-27(14-16-32-30)33-26-13-12-25-23(28(26)29)11-6-15-31-25/h1-11,14-18H,12-13H2. The molecular weight excluding hydrogens is 420 g/mol. The molecule has 3 heterocycles. The van der Waals surface area contributed by atoms with Gasteiger partial charge in [-0.15, -0.1) is 11.3 Å². The van der Waals surface area contributed by atoms with Gasteiger partial charge in [-0.1, -0.05) is 60.7 Å². The van der Waals surface area contributed by atoms with Crippen molar-refractivity contribution in [3.05, 3.63) is 108 Å². The molecule has 0 atom stereocenters. The lowest BCUT2D eigenvalue weighted by molar-refractivity contribution is 0.914. The predicted octanol–water partition coefficient (Wildman–Crippen LogP) is 7.94. The number of hydrogen-bond donors (Lipinski definition) is 0. The zero-order chi connectivity index (χ0) is 21.8. The minimum Gasteiger partial charge on any atom is -0.261 e. The van der Waals surface area contributed by atoms with Gasteiger partial charge in [0, 0.05) is 49.7 Å². The van der Waals surface area contributed by atoms with E-state index in [1.165, 1.54) is 53.7 Å². The van der Waals surface area contributed by atoms with Gasteiger partial charge in [0.25, 0.3) is 0 Å². The molecule has 0 amide bonds. The topological polar surface area (TPSA) is 25.8 Å². The van der Waals surface area contributed by atoms with E-state index in [4.69, 9.17) is 4.98 Å². The summed E-state index contributed by atoms with van der Waals surface area (Å²) in [6, 6.07) is 30.4. The van der Waals surface area contributed by atoms with Crippen molar-refractivity contribution in [2.75, 3.05) is 0 Å². The number of nitrogens with zero attached hydrogens (tertiary/aromatic N) is 2. The van der Waals surface area contributed by atoms with Crippen molar-refractivity contribution in [2.45, 2.75) is 12.8 Å². The fraction of sp³-hybridized carbons (Fsp3) is 0.0667. The molecule has 7 rings (SSSR count). The maximum absolute atomic E-state index is 4.96. The molecule has 3 aromatic carbocycles. The van der Waals surface area contributed by atoms with Gasteiger partial charge in [0.1, 0.15) is 0 Å². The normalized spacial score (nSPS) is 12.6. The van der Waals surface area contributed by atoms with Crippen molar-refractivity contribution in [2.24, 2.45) is 0 Å². The Hall–Kier alpha value is -3.82. The van der Waals surface area contributed by atoms with Crippen LogP contribution in [0.25, 0.3) is 54.4 Å². The lowest BCUT2D eigenvalue weighted by Crippen LogP contribution is -2.03. The lowest BCUT2D eigenvalue weighted by Gasteiger charge is -2.17. The number of hydrogen-bond acceptors (Lipinski definition) is 3. The Labute approximate surface area is 196 Å². The number of benzene rings is 3. The molecule has 2 nitrogen and oxygen atoms in total. The third-order valence-corrected chi connectivity index (χ3v) is 7.86. The number of aromatic nitrogens is 2. The summed E-state index contributed by atoms with van der Waals surface area (Å²) in [5, 5.41) is 3.76. The molecule has 3 heteroatoms. The van der Waals surface area contributed by atoms with Gasteiger partial charge in [0.15, 0.2) is 0 Å². The Bertz CT molecular complexity index is 1660. The molecule has 0 radical (unpaired) electrons. The Morgan fingerprint density at radius 2 is 1.55 bits per heavy atom. The molecular formula is C30H20N2S. The van der Waals surface area contributed by atoms with Crippen LogP contribution in [0, 0.1) is 0 Å². The molecule has 1 aliphatic carbocycles. The van der Waals surface area contributed by atoms with Gasteiger partial charge in [-0.05, 0) is 59.0 Å². The molecule has 0 fully saturated rings. The summed E-state index contributed by atoms with van der Waals surface area (Å²) in [4.78, 5) is 11.1. The average molecular weight is 441 g/mol. The van der Waals surface area contributed by atoms with E-state index >= 15 is 0 Å². The third kappa shape index (κ3) is 2.93. The zero-order valence-corrected chi connectivity index (χ0v) is 18.8. The number of thiophene rings is 1. The van der Waals surface area contributed by atoms with Gasteiger partial charge in [-0.2, -0.15) is 0 Å². The second kappa shape index (κ2) is 7.36. The van der Waals surface area contributed by atoms with Crippen molar-refractivity contribution < 1.29 is 0 Å². The van der Waals surface area contributed by atoms with Gasteiger partial charge >= 0.3 is 0 Å². The highest BCUT2D eigenvalue weighted by Gasteiger charge is 2.24. The van der Waals surface area contributed by atoms with E-state index in [1.807, 2.05) is 23.7 Å². The quantitative estimate of drug-likeness (QED) is 0.273. The average Bonchev–Trinajstić information content (AvgIpc) is 3.28. The van der Waals surface area contributed by atoms with E-state index in [0.29, 0.717) is 0 Å². The monoisotopic (exact) mass is 440 g/mol. The largest absolute Gasteiger partial charge is 0.261 e. The molecule has 0 bridgehead atoms. The summed E-state index contributed by atoms with van der Waals surface area (Å²) in [5.74, 6) is 0. The first-order chi connectivity index (χ1) is 16.4. The summed E-state index contributed by atoms with van der Waals surface area (Å²) in [6.45, 7) is 0. The minimum atomic E-state index is 1.01. The van der Waals surface area contributed by atoms with E-state index in [9.17, 15) is 0 Å². The van der Waals surface area contributed by atoms with Gasteiger partial charge in [-0.25, -0.2) is 0 Å². The van der Waals surface area contributed by atoms with Crippen LogP contribution in [0.5, 0.6) is 0 Å². The van der Waals surface area contributed by atoms with E-state index in [-0.39, 0.29) is 0 Å². The second-order valence-electron chi connectivity index (χ2n) is 8.54. The van der Waals surface area contributed by atoms with Crippen molar-refractivity contribution in [1.82, 2.24) is 9.97 Å². The fourth-order valence-corrected chi connectivity index (χ4v) is 6.39. The third-order valence-electron chi connectivity index (χ3n) is 6.64. The van der Waals surface area contributed by atoms with E-state index < -0.39 is 0 Å². The van der Waals surface area contributed by atoms with E-state index in [1.54, 1.807) is 0 Å². The SMILES string of the molecule is c1ccc(-c2cc(-c3nccc4sc5c(c34)-c3cccnc3CC5)cc3ccccc23)cc1. The zero-order valence-electron chi connectivity index (χ0n) is 18.0. The Balaban J connectivity index is 1.55. The molecule has 0 unspecified atom stereocenters. The molecule has 0 N–H and O–H groups in total. The van der Waals surface area contributed by atoms with E-state index in [0.717, 1.165) is 24.1 Å². The molecule has 156 valence electrons. The minimum absolute atomic E-state index is 1.01. The summed E-state index contributed by atoms with van der Waals surface area (Å²) in [7, 11) is 0. The first-order valence-electron chi connectivity index (χ1n) is 11.3. The fourth-order valence-electron chi connectivity index (χ4n) is 5.17. The molecule has 3 aromatic heterocycles. The molecule has 33 heavy (non-hydrogen) atoms. The van der Waals surface area contributed by atoms with Crippen LogP contribution in [0.3, 0.4) is 0 Å². The lowest BCUT2D eigenvalue weighted by atomic mass is 9.89. The summed E-state index contributed by atoms with van der Waals surface area (Å²) in [5.41, 5.74) is 8.49. The van der Waals surface area contributed by atoms with Crippen LogP contribution in [-0.2, 0) is 12.8 Å². The molecule has 6 aromatic rings. The second-order valence-corrected chi connectivity index (χ2v) is 9.68. The molecule has 0 saturated heterocycles. The van der Waals surface area contributed by atoms with E-state index in [2.05, 4.69) is 89.9 Å². The first-order valence-corrected chi connectivity index (χ1v) is 12.1. The first kappa shape index (κ1) is 18.7. The number of fused-ring (bicyclic) bond motifs is 6. The van der Waals surface area contributed by atoms with Gasteiger partial charge in [0.05, 0.1) is 5.69 Å². The Morgan fingerprint density at radius 3 is 2.48 bits per heavy atom. The maximum atomic E-state index is 4.96. The van der Waals surface area contributed by atoms with Crippen LogP contribution in [0.2, 0.25) is 0 Å². The van der Waals surface area contributed by atoms with Gasteiger partial charge in [-0.3, -0.25) is 9.97 Å². The molecule has 0 saturated carbocycles. The van der Waals surface area contributed by atoms with Crippen LogP contribution in [0.1, 0.15) is 10.6 Å². The van der Waals surface area contributed by atoms with Crippen molar-refractivity contribution in [3.8, 4) is 33.5 Å². The predicted molar refractivity (Wildman–Crippen MR) is 139 cm³/mol. The van der Waals surface area contributed by atoms with Crippen molar-refractivity contribution in [3.63, 3.8) is 0 Å². The van der Waals surface area contributed by atoms with Crippen LogP contribution < -0.4 is 0 Å². The summed E-state index contributed by atoms with van der Waals surface area (Å²) >= 11 is 1.91.